The lowest BCUT2D eigenvalue weighted by atomic mass is 9.89. The average Bonchev–Trinajstić information content (AvgIpc) is 3.07. The summed E-state index contributed by atoms with van der Waals surface area (Å²) in [4.78, 5) is 14.1. The van der Waals surface area contributed by atoms with Gasteiger partial charge in [-0.1, -0.05) is 11.8 Å². The van der Waals surface area contributed by atoms with Gasteiger partial charge in [-0.15, -0.1) is 11.3 Å². The number of benzene rings is 1. The monoisotopic (exact) mass is 407 g/mol. The Morgan fingerprint density at radius 2 is 2.19 bits per heavy atom. The molecular weight excluding hydrogens is 385 g/mol. The van der Waals surface area contributed by atoms with E-state index in [0.717, 1.165) is 20.2 Å². The number of rotatable bonds is 3. The maximum Gasteiger partial charge on any atom is 0.227 e. The first-order chi connectivity index (χ1) is 12.9. The first-order valence-electron chi connectivity index (χ1n) is 9.03. The maximum absolute atomic E-state index is 14.6. The van der Waals surface area contributed by atoms with Gasteiger partial charge >= 0.3 is 0 Å². The van der Waals surface area contributed by atoms with Crippen molar-refractivity contribution in [1.29, 1.82) is 0 Å². The number of fused-ring (bicyclic) bond motifs is 1. The van der Waals surface area contributed by atoms with Crippen LogP contribution in [0.5, 0.6) is 0 Å². The summed E-state index contributed by atoms with van der Waals surface area (Å²) >= 11 is 3.11. The predicted octanol–water partition coefficient (Wildman–Crippen LogP) is 4.33. The van der Waals surface area contributed by atoms with Gasteiger partial charge in [-0.3, -0.25) is 4.79 Å². The zero-order valence-electron chi connectivity index (χ0n) is 15.3. The van der Waals surface area contributed by atoms with Gasteiger partial charge < -0.3 is 14.7 Å². The lowest BCUT2D eigenvalue weighted by molar-refractivity contribution is -0.118. The highest BCUT2D eigenvalue weighted by molar-refractivity contribution is 8.01. The minimum Gasteiger partial charge on any atom is -0.393 e. The number of hydrogen-bond donors (Lipinski definition) is 1. The van der Waals surface area contributed by atoms with Crippen molar-refractivity contribution in [2.75, 3.05) is 18.6 Å². The van der Waals surface area contributed by atoms with Crippen molar-refractivity contribution < 1.29 is 19.0 Å². The molecule has 0 saturated carbocycles. The highest BCUT2D eigenvalue weighted by atomic mass is 32.2. The highest BCUT2D eigenvalue weighted by Gasteiger charge is 2.35. The van der Waals surface area contributed by atoms with E-state index in [9.17, 15) is 14.3 Å². The van der Waals surface area contributed by atoms with Gasteiger partial charge in [0.15, 0.2) is 0 Å². The van der Waals surface area contributed by atoms with Crippen LogP contribution in [0.4, 0.5) is 10.1 Å². The Kier molecular flexibility index (Phi) is 5.05. The molecule has 4 nitrogen and oxygen atoms in total. The minimum absolute atomic E-state index is 0.0485. The van der Waals surface area contributed by atoms with E-state index in [4.69, 9.17) is 4.74 Å². The van der Waals surface area contributed by atoms with E-state index in [1.807, 2.05) is 13.0 Å². The van der Waals surface area contributed by atoms with E-state index in [1.54, 1.807) is 18.4 Å². The number of nitrogens with zero attached hydrogens (tertiary/aromatic N) is 1. The quantitative estimate of drug-likeness (QED) is 0.823. The Morgan fingerprint density at radius 3 is 2.96 bits per heavy atom. The first kappa shape index (κ1) is 18.9. The molecular formula is C20H22FNO3S2. The smallest absolute Gasteiger partial charge is 0.227 e. The third-order valence-electron chi connectivity index (χ3n) is 5.33. The topological polar surface area (TPSA) is 49.8 Å². The fraction of sp³-hybridized carbons (Fsp3) is 0.450. The third kappa shape index (κ3) is 3.66. The molecule has 2 aromatic rings. The molecule has 1 fully saturated rings. The molecule has 2 atom stereocenters. The Labute approximate surface area is 166 Å². The van der Waals surface area contributed by atoms with Crippen LogP contribution < -0.4 is 4.90 Å². The van der Waals surface area contributed by atoms with E-state index < -0.39 is 5.60 Å². The number of thiophene rings is 1. The van der Waals surface area contributed by atoms with Crippen LogP contribution in [0.3, 0.4) is 0 Å². The van der Waals surface area contributed by atoms with Crippen molar-refractivity contribution in [3.63, 3.8) is 0 Å². The number of carbonyl (C=O) groups is 1. The molecule has 1 aromatic carbocycles. The van der Waals surface area contributed by atoms with Gasteiger partial charge in [-0.2, -0.15) is 0 Å². The van der Waals surface area contributed by atoms with E-state index in [2.05, 4.69) is 11.4 Å². The number of amides is 1. The molecule has 1 amide bonds. The summed E-state index contributed by atoms with van der Waals surface area (Å²) in [5, 5.41) is 12.0. The Balaban J connectivity index is 1.56. The summed E-state index contributed by atoms with van der Waals surface area (Å²) in [6, 6.07) is 5.55. The molecule has 4 rings (SSSR count). The van der Waals surface area contributed by atoms with Gasteiger partial charge in [0.1, 0.15) is 5.82 Å². The van der Waals surface area contributed by atoms with E-state index >= 15 is 0 Å². The van der Waals surface area contributed by atoms with Gasteiger partial charge in [-0.05, 0) is 54.5 Å². The lowest BCUT2D eigenvalue weighted by Gasteiger charge is -2.36. The maximum atomic E-state index is 14.6. The number of aryl methyl sites for hydroxylation is 1. The molecule has 1 N–H and O–H groups in total. The predicted molar refractivity (Wildman–Crippen MR) is 105 cm³/mol. The molecule has 27 heavy (non-hydrogen) atoms. The van der Waals surface area contributed by atoms with E-state index in [-0.39, 0.29) is 17.8 Å². The zero-order chi connectivity index (χ0) is 19.2. The van der Waals surface area contributed by atoms with Gasteiger partial charge in [0.25, 0.3) is 0 Å². The fourth-order valence-corrected chi connectivity index (χ4v) is 5.95. The van der Waals surface area contributed by atoms with Crippen LogP contribution in [0.15, 0.2) is 32.7 Å². The molecule has 0 radical (unpaired) electrons. The minimum atomic E-state index is -0.475. The SMILES string of the molecule is CN1C(=O)CCc2cc(Sc3cc(C4(C)CC(O)CCO4)cs3)cc(F)c21. The number of ether oxygens (including phenoxy) is 1. The normalized spacial score (nSPS) is 25.6. The molecule has 144 valence electrons. The van der Waals surface area contributed by atoms with Gasteiger partial charge in [0, 0.05) is 24.8 Å². The van der Waals surface area contributed by atoms with E-state index in [1.165, 1.54) is 22.7 Å². The summed E-state index contributed by atoms with van der Waals surface area (Å²) in [5.74, 6) is -0.402. The van der Waals surface area contributed by atoms with E-state index in [0.29, 0.717) is 38.0 Å². The number of aliphatic hydroxyl groups excluding tert-OH is 1. The standard InChI is InChI=1S/C20H22FNO3S2/c1-20(10-14(23)5-6-25-20)13-8-18(26-11-13)27-15-7-12-3-4-17(24)22(2)19(12)16(21)9-15/h7-9,11,14,23H,3-6,10H2,1-2H3. The second-order valence-corrected chi connectivity index (χ2v) is 9.63. The Morgan fingerprint density at radius 1 is 1.37 bits per heavy atom. The van der Waals surface area contributed by atoms with Crippen LogP contribution in [0, 0.1) is 5.82 Å². The largest absolute Gasteiger partial charge is 0.393 e. The highest BCUT2D eigenvalue weighted by Crippen LogP contribution is 2.42. The van der Waals surface area contributed by atoms with Crippen LogP contribution >= 0.6 is 23.1 Å². The molecule has 1 aromatic heterocycles. The van der Waals surface area contributed by atoms with Crippen LogP contribution in [0.1, 0.15) is 37.3 Å². The molecule has 7 heteroatoms. The zero-order valence-corrected chi connectivity index (χ0v) is 17.0. The van der Waals surface area contributed by atoms with Gasteiger partial charge in [0.2, 0.25) is 5.91 Å². The van der Waals surface area contributed by atoms with Crippen molar-refractivity contribution in [2.45, 2.75) is 53.4 Å². The summed E-state index contributed by atoms with van der Waals surface area (Å²) in [5.41, 5.74) is 1.86. The van der Waals surface area contributed by atoms with Crippen LogP contribution in [0.25, 0.3) is 0 Å². The molecule has 2 aliphatic heterocycles. The summed E-state index contributed by atoms with van der Waals surface area (Å²) in [7, 11) is 1.63. The van der Waals surface area contributed by atoms with Crippen molar-refractivity contribution in [3.05, 3.63) is 40.5 Å². The fourth-order valence-electron chi connectivity index (χ4n) is 3.78. The van der Waals surface area contributed by atoms with Gasteiger partial charge in [-0.25, -0.2) is 4.39 Å². The Bertz CT molecular complexity index is 884. The second kappa shape index (κ2) is 7.20. The average molecular weight is 408 g/mol. The number of carbonyl (C=O) groups excluding carboxylic acids is 1. The molecule has 2 unspecified atom stereocenters. The van der Waals surface area contributed by atoms with Crippen LogP contribution in [-0.4, -0.2) is 30.8 Å². The molecule has 0 aliphatic carbocycles. The van der Waals surface area contributed by atoms with Crippen molar-refractivity contribution in [1.82, 2.24) is 0 Å². The van der Waals surface area contributed by atoms with Crippen molar-refractivity contribution >= 4 is 34.7 Å². The summed E-state index contributed by atoms with van der Waals surface area (Å²) in [6.07, 6.45) is 1.91. The number of aliphatic hydroxyl groups is 1. The molecule has 3 heterocycles. The molecule has 1 saturated heterocycles. The lowest BCUT2D eigenvalue weighted by Crippen LogP contribution is -2.36. The van der Waals surface area contributed by atoms with Crippen molar-refractivity contribution in [3.8, 4) is 0 Å². The number of halogens is 1. The summed E-state index contributed by atoms with van der Waals surface area (Å²) < 4.78 is 21.6. The second-order valence-electron chi connectivity index (χ2n) is 7.35. The first-order valence-corrected chi connectivity index (χ1v) is 10.7. The number of anilines is 1. The van der Waals surface area contributed by atoms with Gasteiger partial charge in [0.05, 0.1) is 28.2 Å². The third-order valence-corrected chi connectivity index (χ3v) is 7.39. The summed E-state index contributed by atoms with van der Waals surface area (Å²) in [6.45, 7) is 2.57. The Hall–Kier alpha value is -1.41. The molecule has 0 bridgehead atoms. The van der Waals surface area contributed by atoms with Crippen molar-refractivity contribution in [2.24, 2.45) is 0 Å². The van der Waals surface area contributed by atoms with Crippen LogP contribution in [-0.2, 0) is 21.6 Å². The molecule has 2 aliphatic rings. The molecule has 0 spiro atoms. The van der Waals surface area contributed by atoms with Crippen LogP contribution in [0.2, 0.25) is 0 Å². The number of hydrogen-bond acceptors (Lipinski definition) is 5.